The quantitative estimate of drug-likeness (QED) is 0.486. The number of ether oxygens (including phenoxy) is 3. The minimum atomic E-state index is -1.10. The summed E-state index contributed by atoms with van der Waals surface area (Å²) >= 11 is 3.39. The van der Waals surface area contributed by atoms with E-state index in [0.717, 1.165) is 4.47 Å². The molecule has 2 atom stereocenters. The van der Waals surface area contributed by atoms with Crippen molar-refractivity contribution in [2.45, 2.75) is 39.0 Å². The van der Waals surface area contributed by atoms with Gasteiger partial charge in [0.2, 0.25) is 0 Å². The number of methoxy groups -OCH3 is 1. The fourth-order valence-electron chi connectivity index (χ4n) is 2.86. The van der Waals surface area contributed by atoms with Crippen LogP contribution in [0, 0.1) is 5.92 Å². The summed E-state index contributed by atoms with van der Waals surface area (Å²) < 4.78 is 16.5. The minimum Gasteiger partial charge on any atom is -0.465 e. The molecule has 1 fully saturated rings. The van der Waals surface area contributed by atoms with Crippen LogP contribution in [0.2, 0.25) is 0 Å². The summed E-state index contributed by atoms with van der Waals surface area (Å²) in [5.41, 5.74) is 0.707. The Morgan fingerprint density at radius 2 is 1.73 bits per heavy atom. The normalized spacial score (nSPS) is 20.1. The van der Waals surface area contributed by atoms with Crippen LogP contribution >= 0.6 is 15.9 Å². The summed E-state index contributed by atoms with van der Waals surface area (Å²) in [6, 6.07) is 6.83. The lowest BCUT2D eigenvalue weighted by Gasteiger charge is -2.41. The van der Waals surface area contributed by atoms with Gasteiger partial charge >= 0.3 is 11.9 Å². The molecule has 1 aliphatic rings. The van der Waals surface area contributed by atoms with Gasteiger partial charge in [0.25, 0.3) is 0 Å². The summed E-state index contributed by atoms with van der Waals surface area (Å²) in [7, 11) is 1.55. The molecule has 1 aliphatic heterocycles. The van der Waals surface area contributed by atoms with Gasteiger partial charge in [-0.1, -0.05) is 15.9 Å². The fraction of sp³-hybridized carbons (Fsp3) is 0.556. The van der Waals surface area contributed by atoms with Crippen molar-refractivity contribution in [2.24, 2.45) is 5.92 Å². The summed E-state index contributed by atoms with van der Waals surface area (Å²) in [6.07, 6.45) is 0.598. The van der Waals surface area contributed by atoms with Crippen molar-refractivity contribution in [1.29, 1.82) is 0 Å². The molecule has 8 heteroatoms. The maximum absolute atomic E-state index is 12.5. The number of hydrogen-bond acceptors (Lipinski definition) is 7. The first-order valence-electron chi connectivity index (χ1n) is 8.59. The molecule has 0 radical (unpaired) electrons. The van der Waals surface area contributed by atoms with Gasteiger partial charge in [0.15, 0.2) is 12.2 Å². The summed E-state index contributed by atoms with van der Waals surface area (Å²) in [5.74, 6) is -2.33. The first-order valence-corrected chi connectivity index (χ1v) is 9.38. The highest BCUT2D eigenvalue weighted by molar-refractivity contribution is 9.10. The minimum absolute atomic E-state index is 0.182. The smallest absolute Gasteiger partial charge is 0.322 e. The maximum Gasteiger partial charge on any atom is 0.322 e. The van der Waals surface area contributed by atoms with Gasteiger partial charge in [0.1, 0.15) is 0 Å². The Hall–Kier alpha value is -1.64. The van der Waals surface area contributed by atoms with Crippen molar-refractivity contribution >= 4 is 33.6 Å². The van der Waals surface area contributed by atoms with E-state index in [-0.39, 0.29) is 13.2 Å². The third-order valence-corrected chi connectivity index (χ3v) is 4.57. The molecule has 2 rings (SSSR count). The highest BCUT2D eigenvalue weighted by Gasteiger charge is 2.44. The van der Waals surface area contributed by atoms with E-state index in [0.29, 0.717) is 18.5 Å². The van der Waals surface area contributed by atoms with Gasteiger partial charge < -0.3 is 14.2 Å². The second kappa shape index (κ2) is 9.89. The van der Waals surface area contributed by atoms with Crippen LogP contribution < -0.4 is 5.06 Å². The van der Waals surface area contributed by atoms with Crippen molar-refractivity contribution in [3.8, 4) is 0 Å². The molecule has 0 N–H and O–H groups in total. The van der Waals surface area contributed by atoms with Crippen molar-refractivity contribution in [3.63, 3.8) is 0 Å². The van der Waals surface area contributed by atoms with Gasteiger partial charge in [0, 0.05) is 18.0 Å². The fourth-order valence-corrected chi connectivity index (χ4v) is 3.12. The number of carbonyl (C=O) groups is 2. The average molecular weight is 430 g/mol. The standard InChI is InChI=1S/C18H24BrNO6/c1-4-24-17(21)16(18(22)25-5-2)14-10-11-15(23-3)26-20(14)13-8-6-12(19)7-9-13/h6-9,14-16H,4-5,10-11H2,1-3H3/t14-,15-/m1/s1. The van der Waals surface area contributed by atoms with Crippen LogP contribution in [0.5, 0.6) is 0 Å². The van der Waals surface area contributed by atoms with Crippen LogP contribution in [0.4, 0.5) is 5.69 Å². The molecule has 0 unspecified atom stereocenters. The summed E-state index contributed by atoms with van der Waals surface area (Å²) in [6.45, 7) is 3.76. The van der Waals surface area contributed by atoms with Crippen molar-refractivity contribution in [3.05, 3.63) is 28.7 Å². The topological polar surface area (TPSA) is 74.3 Å². The van der Waals surface area contributed by atoms with E-state index >= 15 is 0 Å². The van der Waals surface area contributed by atoms with Gasteiger partial charge in [-0.25, -0.2) is 9.90 Å². The van der Waals surface area contributed by atoms with Crippen molar-refractivity contribution in [1.82, 2.24) is 0 Å². The average Bonchev–Trinajstić information content (AvgIpc) is 2.63. The number of hydrogen-bond donors (Lipinski definition) is 0. The lowest BCUT2D eigenvalue weighted by atomic mass is 9.93. The van der Waals surface area contributed by atoms with E-state index < -0.39 is 30.2 Å². The number of halogens is 1. The van der Waals surface area contributed by atoms with Crippen LogP contribution in [-0.2, 0) is 28.6 Å². The van der Waals surface area contributed by atoms with Gasteiger partial charge in [-0.05, 0) is 44.5 Å². The zero-order chi connectivity index (χ0) is 19.1. The van der Waals surface area contributed by atoms with Crippen LogP contribution in [0.1, 0.15) is 26.7 Å². The summed E-state index contributed by atoms with van der Waals surface area (Å²) in [5, 5.41) is 1.56. The molecule has 144 valence electrons. The third-order valence-electron chi connectivity index (χ3n) is 4.04. The van der Waals surface area contributed by atoms with Crippen molar-refractivity contribution in [2.75, 3.05) is 25.4 Å². The first kappa shape index (κ1) is 20.7. The molecular formula is C18H24BrNO6. The van der Waals surface area contributed by atoms with Crippen molar-refractivity contribution < 1.29 is 28.6 Å². The van der Waals surface area contributed by atoms with Gasteiger partial charge in [-0.3, -0.25) is 9.59 Å². The zero-order valence-corrected chi connectivity index (χ0v) is 16.7. The Labute approximate surface area is 161 Å². The van der Waals surface area contributed by atoms with E-state index in [1.807, 2.05) is 24.3 Å². The molecule has 0 spiro atoms. The molecule has 0 amide bonds. The number of anilines is 1. The van der Waals surface area contributed by atoms with Crippen LogP contribution in [0.3, 0.4) is 0 Å². The molecule has 1 saturated heterocycles. The van der Waals surface area contributed by atoms with Crippen LogP contribution in [-0.4, -0.2) is 44.6 Å². The number of esters is 2. The Morgan fingerprint density at radius 1 is 1.15 bits per heavy atom. The van der Waals surface area contributed by atoms with E-state index in [2.05, 4.69) is 15.9 Å². The molecular weight excluding hydrogens is 406 g/mol. The summed E-state index contributed by atoms with van der Waals surface area (Å²) in [4.78, 5) is 30.9. The van der Waals surface area contributed by atoms with Gasteiger partial charge in [-0.15, -0.1) is 0 Å². The molecule has 1 aromatic carbocycles. The van der Waals surface area contributed by atoms with E-state index in [1.165, 1.54) is 0 Å². The Morgan fingerprint density at radius 3 is 2.23 bits per heavy atom. The number of nitrogens with zero attached hydrogens (tertiary/aromatic N) is 1. The molecule has 0 aromatic heterocycles. The zero-order valence-electron chi connectivity index (χ0n) is 15.1. The first-order chi connectivity index (χ1) is 12.5. The molecule has 7 nitrogen and oxygen atoms in total. The molecule has 26 heavy (non-hydrogen) atoms. The molecule has 0 aliphatic carbocycles. The highest BCUT2D eigenvalue weighted by Crippen LogP contribution is 2.33. The Kier molecular flexibility index (Phi) is 7.86. The van der Waals surface area contributed by atoms with Crippen LogP contribution in [0.15, 0.2) is 28.7 Å². The number of carbonyl (C=O) groups excluding carboxylic acids is 2. The van der Waals surface area contributed by atoms with E-state index in [4.69, 9.17) is 19.0 Å². The molecule has 1 heterocycles. The predicted octanol–water partition coefficient (Wildman–Crippen LogP) is 3.06. The predicted molar refractivity (Wildman–Crippen MR) is 98.3 cm³/mol. The largest absolute Gasteiger partial charge is 0.465 e. The molecule has 0 bridgehead atoms. The maximum atomic E-state index is 12.5. The van der Waals surface area contributed by atoms with Gasteiger partial charge in [-0.2, -0.15) is 0 Å². The second-order valence-corrected chi connectivity index (χ2v) is 6.62. The van der Waals surface area contributed by atoms with Gasteiger partial charge in [0.05, 0.1) is 24.9 Å². The third kappa shape index (κ3) is 4.96. The van der Waals surface area contributed by atoms with E-state index in [9.17, 15) is 9.59 Å². The lowest BCUT2D eigenvalue weighted by molar-refractivity contribution is -0.183. The highest BCUT2D eigenvalue weighted by atomic mass is 79.9. The number of hydroxylamine groups is 1. The Bertz CT molecular complexity index is 590. The Balaban J connectivity index is 2.36. The second-order valence-electron chi connectivity index (χ2n) is 5.70. The van der Waals surface area contributed by atoms with Crippen LogP contribution in [0.25, 0.3) is 0 Å². The lowest BCUT2D eigenvalue weighted by Crippen LogP contribution is -2.53. The number of benzene rings is 1. The number of rotatable bonds is 7. The molecule has 1 aromatic rings. The SMILES string of the molecule is CCOC(=O)C(C(=O)OCC)[C@H]1CC[C@H](OC)ON1c1ccc(Br)cc1. The monoisotopic (exact) mass is 429 g/mol. The van der Waals surface area contributed by atoms with E-state index in [1.54, 1.807) is 26.0 Å². The molecule has 0 saturated carbocycles.